The summed E-state index contributed by atoms with van der Waals surface area (Å²) in [5.74, 6) is -1.53. The van der Waals surface area contributed by atoms with Crippen LogP contribution in [0, 0.1) is 11.8 Å². The second kappa shape index (κ2) is 7.99. The van der Waals surface area contributed by atoms with Gasteiger partial charge in [0.25, 0.3) is 0 Å². The van der Waals surface area contributed by atoms with Gasteiger partial charge in [0.2, 0.25) is 5.91 Å². The van der Waals surface area contributed by atoms with Gasteiger partial charge < -0.3 is 10.4 Å². The van der Waals surface area contributed by atoms with Gasteiger partial charge in [0.05, 0.1) is 16.9 Å². The Hall–Kier alpha value is -1.89. The maximum absolute atomic E-state index is 12.4. The summed E-state index contributed by atoms with van der Waals surface area (Å²) in [5, 5.41) is 11.4. The number of benzene rings is 1. The van der Waals surface area contributed by atoms with E-state index in [1.54, 1.807) is 38.1 Å². The Kier molecular flexibility index (Phi) is 6.21. The van der Waals surface area contributed by atoms with Crippen LogP contribution in [0.4, 0.5) is 5.69 Å². The predicted octanol–water partition coefficient (Wildman–Crippen LogP) is 2.84. The second-order valence-electron chi connectivity index (χ2n) is 6.93. The van der Waals surface area contributed by atoms with Crippen LogP contribution in [0.5, 0.6) is 0 Å². The molecule has 0 bridgehead atoms. The summed E-state index contributed by atoms with van der Waals surface area (Å²) < 4.78 is 24.1. The van der Waals surface area contributed by atoms with Gasteiger partial charge in [-0.25, -0.2) is 8.42 Å². The van der Waals surface area contributed by atoms with Gasteiger partial charge in [0.1, 0.15) is 0 Å². The highest BCUT2D eigenvalue weighted by Gasteiger charge is 2.29. The Morgan fingerprint density at radius 1 is 1.16 bits per heavy atom. The van der Waals surface area contributed by atoms with Gasteiger partial charge in [-0.1, -0.05) is 12.1 Å². The molecule has 0 unspecified atom stereocenters. The zero-order valence-electron chi connectivity index (χ0n) is 14.6. The molecular formula is C18H25NO5S. The van der Waals surface area contributed by atoms with Gasteiger partial charge in [-0.05, 0) is 57.2 Å². The van der Waals surface area contributed by atoms with Crippen molar-refractivity contribution in [2.24, 2.45) is 11.8 Å². The number of aliphatic carboxylic acids is 1. The van der Waals surface area contributed by atoms with E-state index < -0.39 is 21.1 Å². The molecule has 0 atom stereocenters. The molecule has 0 radical (unpaired) electrons. The van der Waals surface area contributed by atoms with E-state index in [1.807, 2.05) is 0 Å². The smallest absolute Gasteiger partial charge is 0.306 e. The van der Waals surface area contributed by atoms with Gasteiger partial charge in [-0.2, -0.15) is 0 Å². The van der Waals surface area contributed by atoms with E-state index in [4.69, 9.17) is 5.11 Å². The highest BCUT2D eigenvalue weighted by atomic mass is 32.2. The number of carbonyl (C=O) groups excluding carboxylic acids is 1. The number of carboxylic acids is 1. The Morgan fingerprint density at radius 3 is 2.32 bits per heavy atom. The molecule has 0 aliphatic heterocycles. The minimum Gasteiger partial charge on any atom is -0.481 e. The third-order valence-electron chi connectivity index (χ3n) is 4.73. The zero-order valence-corrected chi connectivity index (χ0v) is 15.4. The number of carboxylic acid groups (broad SMARTS) is 1. The normalized spacial score (nSPS) is 21.1. The van der Waals surface area contributed by atoms with E-state index in [-0.39, 0.29) is 23.5 Å². The number of nitrogens with one attached hydrogen (secondary N) is 1. The molecule has 0 saturated heterocycles. The van der Waals surface area contributed by atoms with Crippen molar-refractivity contribution in [1.29, 1.82) is 0 Å². The van der Waals surface area contributed by atoms with Gasteiger partial charge in [-0.15, -0.1) is 0 Å². The molecule has 1 amide bonds. The van der Waals surface area contributed by atoms with Crippen molar-refractivity contribution < 1.29 is 23.1 Å². The molecule has 0 aromatic heterocycles. The third-order valence-corrected chi connectivity index (χ3v) is 6.90. The maximum atomic E-state index is 12.4. The van der Waals surface area contributed by atoms with E-state index in [0.717, 1.165) is 0 Å². The van der Waals surface area contributed by atoms with Crippen molar-refractivity contribution in [1.82, 2.24) is 0 Å². The molecule has 138 valence electrons. The van der Waals surface area contributed by atoms with Crippen molar-refractivity contribution in [2.45, 2.75) is 50.5 Å². The fourth-order valence-corrected chi connectivity index (χ4v) is 3.96. The molecule has 0 spiro atoms. The molecule has 1 saturated carbocycles. The Morgan fingerprint density at radius 2 is 1.76 bits per heavy atom. The summed E-state index contributed by atoms with van der Waals surface area (Å²) >= 11 is 0. The van der Waals surface area contributed by atoms with Crippen molar-refractivity contribution in [3.63, 3.8) is 0 Å². The number of anilines is 1. The van der Waals surface area contributed by atoms with Crippen LogP contribution in [0.2, 0.25) is 0 Å². The van der Waals surface area contributed by atoms with Crippen LogP contribution in [-0.4, -0.2) is 30.7 Å². The molecule has 1 aromatic rings. The molecule has 1 aliphatic carbocycles. The van der Waals surface area contributed by atoms with Gasteiger partial charge in [0.15, 0.2) is 9.84 Å². The first-order valence-electron chi connectivity index (χ1n) is 8.53. The van der Waals surface area contributed by atoms with Crippen molar-refractivity contribution >= 4 is 27.4 Å². The van der Waals surface area contributed by atoms with E-state index in [2.05, 4.69) is 5.32 Å². The minimum atomic E-state index is -3.20. The lowest BCUT2D eigenvalue weighted by Crippen LogP contribution is -2.29. The predicted molar refractivity (Wildman–Crippen MR) is 95.9 cm³/mol. The number of sulfone groups is 1. The molecule has 2 N–H and O–H groups in total. The number of hydrogen-bond donors (Lipinski definition) is 2. The van der Waals surface area contributed by atoms with Gasteiger partial charge >= 0.3 is 5.97 Å². The van der Waals surface area contributed by atoms with E-state index in [1.165, 1.54) is 0 Å². The topological polar surface area (TPSA) is 101 Å². The van der Waals surface area contributed by atoms with E-state index in [9.17, 15) is 18.0 Å². The molecule has 0 heterocycles. The fourth-order valence-electron chi connectivity index (χ4n) is 2.98. The monoisotopic (exact) mass is 367 g/mol. The first-order chi connectivity index (χ1) is 11.7. The van der Waals surface area contributed by atoms with E-state index in [0.29, 0.717) is 36.9 Å². The third kappa shape index (κ3) is 5.29. The number of rotatable bonds is 6. The maximum Gasteiger partial charge on any atom is 0.306 e. The average molecular weight is 367 g/mol. The Bertz CT molecular complexity index is 734. The van der Waals surface area contributed by atoms with Crippen molar-refractivity contribution in [3.05, 3.63) is 29.8 Å². The first-order valence-corrected chi connectivity index (χ1v) is 10.2. The van der Waals surface area contributed by atoms with Crippen molar-refractivity contribution in [3.8, 4) is 0 Å². The lowest BCUT2D eigenvalue weighted by molar-refractivity contribution is -0.143. The van der Waals surface area contributed by atoms with Crippen LogP contribution >= 0.6 is 0 Å². The number of hydrogen-bond acceptors (Lipinski definition) is 4. The molecule has 25 heavy (non-hydrogen) atoms. The minimum absolute atomic E-state index is 0.0574. The molecule has 6 nitrogen and oxygen atoms in total. The molecule has 2 rings (SSSR count). The fraction of sp³-hybridized carbons (Fsp3) is 0.556. The summed E-state index contributed by atoms with van der Waals surface area (Å²) in [4.78, 5) is 23.3. The second-order valence-corrected chi connectivity index (χ2v) is 9.49. The Balaban J connectivity index is 1.98. The van der Waals surface area contributed by atoms with E-state index >= 15 is 0 Å². The number of amides is 1. The quantitative estimate of drug-likeness (QED) is 0.805. The van der Waals surface area contributed by atoms with Crippen LogP contribution in [0.15, 0.2) is 24.3 Å². The lowest BCUT2D eigenvalue weighted by Gasteiger charge is -2.25. The Labute approximate surface area is 148 Å². The van der Waals surface area contributed by atoms with Crippen LogP contribution in [0.25, 0.3) is 0 Å². The highest BCUT2D eigenvalue weighted by Crippen LogP contribution is 2.30. The summed E-state index contributed by atoms with van der Waals surface area (Å²) in [5.41, 5.74) is 1.21. The molecular weight excluding hydrogens is 342 g/mol. The van der Waals surface area contributed by atoms with Gasteiger partial charge in [0, 0.05) is 11.6 Å². The lowest BCUT2D eigenvalue weighted by atomic mass is 9.81. The van der Waals surface area contributed by atoms with Crippen LogP contribution in [-0.2, 0) is 25.2 Å². The number of carbonyl (C=O) groups is 2. The van der Waals surface area contributed by atoms with Crippen LogP contribution < -0.4 is 5.32 Å². The van der Waals surface area contributed by atoms with Gasteiger partial charge in [-0.3, -0.25) is 9.59 Å². The first kappa shape index (κ1) is 19.4. The average Bonchev–Trinajstić information content (AvgIpc) is 2.54. The molecule has 1 aromatic carbocycles. The molecule has 1 fully saturated rings. The zero-order chi connectivity index (χ0) is 18.6. The summed E-state index contributed by atoms with van der Waals surface area (Å²) in [6.07, 6.45) is 2.15. The van der Waals surface area contributed by atoms with Crippen molar-refractivity contribution in [2.75, 3.05) is 5.32 Å². The summed E-state index contributed by atoms with van der Waals surface area (Å²) in [7, 11) is -3.20. The SMILES string of the molecule is CC(C)S(=O)(=O)Cc1cccc(NC(=O)C2CCC(C(=O)O)CC2)c1. The standard InChI is InChI=1S/C18H25NO5S/c1-12(2)25(23,24)11-13-4-3-5-16(10-13)19-17(20)14-6-8-15(9-7-14)18(21)22/h3-5,10,12,14-15H,6-9,11H2,1-2H3,(H,19,20)(H,21,22). The molecule has 1 aliphatic rings. The summed E-state index contributed by atoms with van der Waals surface area (Å²) in [6.45, 7) is 3.29. The molecule has 7 heteroatoms. The summed E-state index contributed by atoms with van der Waals surface area (Å²) in [6, 6.07) is 6.86. The van der Waals surface area contributed by atoms with Crippen LogP contribution in [0.1, 0.15) is 45.1 Å². The largest absolute Gasteiger partial charge is 0.481 e. The van der Waals surface area contributed by atoms with Crippen LogP contribution in [0.3, 0.4) is 0 Å². The highest BCUT2D eigenvalue weighted by molar-refractivity contribution is 7.91.